The van der Waals surface area contributed by atoms with E-state index < -0.39 is 0 Å². The maximum atomic E-state index is 12.6. The summed E-state index contributed by atoms with van der Waals surface area (Å²) in [7, 11) is 0. The van der Waals surface area contributed by atoms with Crippen molar-refractivity contribution in [3.63, 3.8) is 0 Å². The van der Waals surface area contributed by atoms with Crippen LogP contribution in [0.2, 0.25) is 0 Å². The molecule has 0 radical (unpaired) electrons. The maximum absolute atomic E-state index is 12.6. The predicted octanol–water partition coefficient (Wildman–Crippen LogP) is 4.63. The summed E-state index contributed by atoms with van der Waals surface area (Å²) < 4.78 is 5.98. The van der Waals surface area contributed by atoms with Crippen molar-refractivity contribution in [3.05, 3.63) is 71.6 Å². The molecule has 184 valence electrons. The number of benzene rings is 2. The van der Waals surface area contributed by atoms with Crippen LogP contribution in [-0.2, 0) is 4.79 Å². The number of carbonyl (C=O) groups is 1. The molecule has 35 heavy (non-hydrogen) atoms. The highest BCUT2D eigenvalue weighted by molar-refractivity contribution is 5.91. The fraction of sp³-hybridized carbons (Fsp3) is 0.448. The van der Waals surface area contributed by atoms with Crippen molar-refractivity contribution in [1.82, 2.24) is 14.8 Å². The highest BCUT2D eigenvalue weighted by atomic mass is 16.3. The Labute approximate surface area is 207 Å². The lowest BCUT2D eigenvalue weighted by Gasteiger charge is -2.37. The second kappa shape index (κ2) is 10.8. The van der Waals surface area contributed by atoms with Gasteiger partial charge in [0.15, 0.2) is 11.5 Å². The number of rotatable bonds is 6. The Morgan fingerprint density at radius 1 is 1.09 bits per heavy atom. The van der Waals surface area contributed by atoms with Crippen molar-refractivity contribution in [3.8, 4) is 0 Å². The summed E-state index contributed by atoms with van der Waals surface area (Å²) >= 11 is 0. The number of piperidine rings is 2. The Balaban J connectivity index is 1.06. The molecule has 0 aliphatic carbocycles. The number of aryl methyl sites for hydroxylation is 1. The fourth-order valence-corrected chi connectivity index (χ4v) is 5.39. The monoisotopic (exact) mass is 473 g/mol. The summed E-state index contributed by atoms with van der Waals surface area (Å²) in [4.78, 5) is 21.6. The fourth-order valence-electron chi connectivity index (χ4n) is 5.39. The predicted molar refractivity (Wildman–Crippen MR) is 138 cm³/mol. The zero-order chi connectivity index (χ0) is 24.2. The van der Waals surface area contributed by atoms with E-state index in [9.17, 15) is 9.90 Å². The highest BCUT2D eigenvalue weighted by Gasteiger charge is 2.30. The van der Waals surface area contributed by atoms with Crippen LogP contribution < -0.4 is 0 Å². The first kappa shape index (κ1) is 23.8. The zero-order valence-corrected chi connectivity index (χ0v) is 20.5. The number of nitrogens with zero attached hydrogens (tertiary/aromatic N) is 3. The summed E-state index contributed by atoms with van der Waals surface area (Å²) in [5.74, 6) is 1.49. The first-order valence-corrected chi connectivity index (χ1v) is 12.8. The van der Waals surface area contributed by atoms with E-state index >= 15 is 0 Å². The van der Waals surface area contributed by atoms with Gasteiger partial charge in [0, 0.05) is 31.6 Å². The number of amides is 1. The average molecular weight is 474 g/mol. The van der Waals surface area contributed by atoms with E-state index in [0.717, 1.165) is 61.3 Å². The highest BCUT2D eigenvalue weighted by Crippen LogP contribution is 2.30. The van der Waals surface area contributed by atoms with Gasteiger partial charge in [0.05, 0.1) is 6.10 Å². The standard InChI is InChI=1S/C29H35N3O3/c1-21-5-4-6-22(19-21)9-10-28(34)32-17-13-23(14-18-32)26(33)20-31-15-11-24(12-16-31)29-30-25-7-2-3-8-27(25)35-29/h2-10,19,23-24,26,33H,11-18,20H2,1H3/b10-9+. The number of para-hydroxylation sites is 2. The number of hydrogen-bond donors (Lipinski definition) is 1. The summed E-state index contributed by atoms with van der Waals surface area (Å²) in [6.45, 7) is 6.06. The molecule has 3 heterocycles. The third-order valence-corrected chi connectivity index (χ3v) is 7.55. The normalized spacial score (nSPS) is 19.5. The molecule has 1 aromatic heterocycles. The van der Waals surface area contributed by atoms with Crippen LogP contribution in [-0.4, -0.2) is 64.6 Å². The average Bonchev–Trinajstić information content (AvgIpc) is 3.32. The van der Waals surface area contributed by atoms with E-state index in [0.29, 0.717) is 25.6 Å². The van der Waals surface area contributed by atoms with Gasteiger partial charge in [-0.3, -0.25) is 4.79 Å². The van der Waals surface area contributed by atoms with Gasteiger partial charge >= 0.3 is 0 Å². The van der Waals surface area contributed by atoms with Gasteiger partial charge in [-0.25, -0.2) is 4.98 Å². The van der Waals surface area contributed by atoms with Crippen LogP contribution in [0.15, 0.2) is 59.0 Å². The molecular weight excluding hydrogens is 438 g/mol. The third kappa shape index (κ3) is 5.82. The molecule has 3 aromatic rings. The minimum atomic E-state index is -0.351. The Bertz CT molecular complexity index is 1140. The Morgan fingerprint density at radius 3 is 2.60 bits per heavy atom. The van der Waals surface area contributed by atoms with Crippen LogP contribution in [0.25, 0.3) is 17.2 Å². The van der Waals surface area contributed by atoms with Gasteiger partial charge in [-0.1, -0.05) is 42.0 Å². The zero-order valence-electron chi connectivity index (χ0n) is 20.5. The van der Waals surface area contributed by atoms with Gasteiger partial charge in [0.25, 0.3) is 0 Å². The number of β-amino-alcohol motifs (C(OH)–C–C–N with tert-alkyl or cyclic N) is 1. The van der Waals surface area contributed by atoms with Crippen LogP contribution in [0.1, 0.15) is 48.6 Å². The van der Waals surface area contributed by atoms with Crippen molar-refractivity contribution in [2.24, 2.45) is 5.92 Å². The molecule has 0 bridgehead atoms. The number of oxazole rings is 1. The van der Waals surface area contributed by atoms with Gasteiger partial charge in [0.2, 0.25) is 5.91 Å². The summed E-state index contributed by atoms with van der Waals surface area (Å²) in [6.07, 6.45) is 6.91. The summed E-state index contributed by atoms with van der Waals surface area (Å²) in [5.41, 5.74) is 4.01. The van der Waals surface area contributed by atoms with E-state index in [2.05, 4.69) is 28.9 Å². The molecule has 0 saturated carbocycles. The molecule has 1 N–H and O–H groups in total. The van der Waals surface area contributed by atoms with Crippen molar-refractivity contribution < 1.29 is 14.3 Å². The van der Waals surface area contributed by atoms with Crippen LogP contribution in [0.4, 0.5) is 0 Å². The molecule has 2 aromatic carbocycles. The quantitative estimate of drug-likeness (QED) is 0.529. The molecule has 2 aliphatic rings. The summed E-state index contributed by atoms with van der Waals surface area (Å²) in [5, 5.41) is 10.9. The Kier molecular flexibility index (Phi) is 7.30. The van der Waals surface area contributed by atoms with Crippen LogP contribution in [0.3, 0.4) is 0 Å². The molecule has 0 spiro atoms. The van der Waals surface area contributed by atoms with Gasteiger partial charge in [0.1, 0.15) is 5.52 Å². The first-order chi connectivity index (χ1) is 17.0. The smallest absolute Gasteiger partial charge is 0.246 e. The second-order valence-electron chi connectivity index (χ2n) is 10.1. The number of carbonyl (C=O) groups excluding carboxylic acids is 1. The van der Waals surface area contributed by atoms with E-state index in [1.165, 1.54) is 5.56 Å². The van der Waals surface area contributed by atoms with Crippen LogP contribution >= 0.6 is 0 Å². The minimum absolute atomic E-state index is 0.0562. The van der Waals surface area contributed by atoms with Gasteiger partial charge in [-0.15, -0.1) is 0 Å². The van der Waals surface area contributed by atoms with E-state index in [-0.39, 0.29) is 17.9 Å². The molecule has 2 saturated heterocycles. The van der Waals surface area contributed by atoms with Gasteiger partial charge in [-0.05, 0) is 75.4 Å². The topological polar surface area (TPSA) is 69.8 Å². The lowest BCUT2D eigenvalue weighted by atomic mass is 9.90. The number of aliphatic hydroxyl groups excluding tert-OH is 1. The molecule has 1 amide bonds. The number of hydrogen-bond acceptors (Lipinski definition) is 5. The van der Waals surface area contributed by atoms with Crippen molar-refractivity contribution in [2.45, 2.75) is 44.6 Å². The SMILES string of the molecule is Cc1cccc(/C=C/C(=O)N2CCC(C(O)CN3CCC(c4nc5ccccc5o4)CC3)CC2)c1. The molecule has 1 unspecified atom stereocenters. The number of aromatic nitrogens is 1. The third-order valence-electron chi connectivity index (χ3n) is 7.55. The number of likely N-dealkylation sites (tertiary alicyclic amines) is 2. The number of fused-ring (bicyclic) bond motifs is 1. The van der Waals surface area contributed by atoms with Gasteiger partial charge < -0.3 is 19.3 Å². The number of aliphatic hydroxyl groups is 1. The second-order valence-corrected chi connectivity index (χ2v) is 10.1. The van der Waals surface area contributed by atoms with E-state index in [1.54, 1.807) is 6.08 Å². The van der Waals surface area contributed by atoms with Crippen LogP contribution in [0.5, 0.6) is 0 Å². The molecule has 6 heteroatoms. The maximum Gasteiger partial charge on any atom is 0.246 e. The minimum Gasteiger partial charge on any atom is -0.440 e. The molecule has 5 rings (SSSR count). The Morgan fingerprint density at radius 2 is 1.86 bits per heavy atom. The molecule has 1 atom stereocenters. The van der Waals surface area contributed by atoms with Crippen molar-refractivity contribution in [2.75, 3.05) is 32.7 Å². The molecular formula is C29H35N3O3. The van der Waals surface area contributed by atoms with E-state index in [1.807, 2.05) is 47.4 Å². The lowest BCUT2D eigenvalue weighted by Crippen LogP contribution is -2.45. The summed E-state index contributed by atoms with van der Waals surface area (Å²) in [6, 6.07) is 16.1. The molecule has 2 fully saturated rings. The Hall–Kier alpha value is -2.96. The van der Waals surface area contributed by atoms with Gasteiger partial charge in [-0.2, -0.15) is 0 Å². The van der Waals surface area contributed by atoms with Crippen molar-refractivity contribution >= 4 is 23.1 Å². The van der Waals surface area contributed by atoms with E-state index in [4.69, 9.17) is 4.42 Å². The molecule has 6 nitrogen and oxygen atoms in total. The lowest BCUT2D eigenvalue weighted by molar-refractivity contribution is -0.128. The van der Waals surface area contributed by atoms with Crippen LogP contribution in [0, 0.1) is 12.8 Å². The first-order valence-electron chi connectivity index (χ1n) is 12.8. The largest absolute Gasteiger partial charge is 0.440 e. The van der Waals surface area contributed by atoms with Crippen molar-refractivity contribution in [1.29, 1.82) is 0 Å². The molecule has 2 aliphatic heterocycles.